The normalized spacial score (nSPS) is 15.5. The smallest absolute Gasteiger partial charge is 0.423 e. The van der Waals surface area contributed by atoms with E-state index in [4.69, 9.17) is 88.6 Å². The quantitative estimate of drug-likeness (QED) is 0.0689. The number of hydrogen-bond acceptors (Lipinski definition) is 8. The number of halogens is 6. The van der Waals surface area contributed by atoms with Gasteiger partial charge in [-0.3, -0.25) is 0 Å². The Morgan fingerprint density at radius 3 is 1.25 bits per heavy atom. The van der Waals surface area contributed by atoms with Gasteiger partial charge in [0.2, 0.25) is 0 Å². The highest BCUT2D eigenvalue weighted by Gasteiger charge is 2.32. The van der Waals surface area contributed by atoms with Gasteiger partial charge in [-0.2, -0.15) is 0 Å². The molecule has 0 aromatic heterocycles. The molecule has 4 rings (SSSR count). The van der Waals surface area contributed by atoms with E-state index in [0.717, 1.165) is 50.7 Å². The zero-order chi connectivity index (χ0) is 34.8. The first-order valence-corrected chi connectivity index (χ1v) is 18.4. The Hall–Kier alpha value is -1.94. The molecule has 0 spiro atoms. The van der Waals surface area contributed by atoms with Crippen molar-refractivity contribution in [2.75, 3.05) is 13.2 Å². The van der Waals surface area contributed by atoms with Gasteiger partial charge in [-0.1, -0.05) is 134 Å². The van der Waals surface area contributed by atoms with Gasteiger partial charge in [-0.15, -0.1) is 0 Å². The Balaban J connectivity index is 1.43. The third-order valence-electron chi connectivity index (χ3n) is 8.65. The van der Waals surface area contributed by atoms with Gasteiger partial charge in [-0.25, -0.2) is 19.2 Å². The molecule has 48 heavy (non-hydrogen) atoms. The molecule has 0 unspecified atom stereocenters. The molecule has 2 fully saturated rings. The number of esters is 4. The van der Waals surface area contributed by atoms with Crippen LogP contribution in [0.1, 0.15) is 111 Å². The van der Waals surface area contributed by atoms with Crippen LogP contribution in [0.3, 0.4) is 0 Å². The summed E-state index contributed by atoms with van der Waals surface area (Å²) < 4.78 is 21.2. The molecule has 2 aromatic rings. The van der Waals surface area contributed by atoms with E-state index in [9.17, 15) is 19.2 Å². The summed E-state index contributed by atoms with van der Waals surface area (Å²) in [5.41, 5.74) is -0.893. The Bertz CT molecular complexity index is 1390. The molecule has 0 amide bonds. The van der Waals surface area contributed by atoms with Crippen LogP contribution in [-0.2, 0) is 19.1 Å². The van der Waals surface area contributed by atoms with Crippen LogP contribution in [0.5, 0.6) is 11.5 Å². The molecule has 0 heterocycles. The summed E-state index contributed by atoms with van der Waals surface area (Å²) in [7, 11) is 0. The zero-order valence-corrected chi connectivity index (χ0v) is 30.7. The topological polar surface area (TPSA) is 105 Å². The predicted molar refractivity (Wildman–Crippen MR) is 186 cm³/mol. The first-order valence-electron chi connectivity index (χ1n) is 16.1. The zero-order valence-electron chi connectivity index (χ0n) is 26.2. The fourth-order valence-electron chi connectivity index (χ4n) is 6.16. The van der Waals surface area contributed by atoms with E-state index < -0.39 is 46.5 Å². The summed E-state index contributed by atoms with van der Waals surface area (Å²) in [6.07, 6.45) is 14.9. The third-order valence-corrected chi connectivity index (χ3v) is 10.8. The summed E-state index contributed by atoms with van der Waals surface area (Å²) in [4.78, 5) is 52.1. The van der Waals surface area contributed by atoms with Crippen molar-refractivity contribution < 1.29 is 38.1 Å². The van der Waals surface area contributed by atoms with Crippen molar-refractivity contribution in [3.63, 3.8) is 0 Å². The van der Waals surface area contributed by atoms with E-state index >= 15 is 0 Å². The molecule has 14 heteroatoms. The maximum Gasteiger partial charge on any atom is 0.423 e. The summed E-state index contributed by atoms with van der Waals surface area (Å²) in [6.45, 7) is 0.168. The van der Waals surface area contributed by atoms with Crippen LogP contribution < -0.4 is 9.47 Å². The molecule has 2 aliphatic rings. The van der Waals surface area contributed by atoms with Crippen molar-refractivity contribution >= 4 is 93.5 Å². The number of ether oxygens (including phenoxy) is 4. The highest BCUT2D eigenvalue weighted by atomic mass is 35.5. The molecule has 0 atom stereocenters. The Labute approximate surface area is 309 Å². The molecule has 2 aromatic carbocycles. The molecule has 2 saturated carbocycles. The molecule has 0 aliphatic heterocycles. The third kappa shape index (κ3) is 10.5. The Morgan fingerprint density at radius 1 is 0.542 bits per heavy atom. The summed E-state index contributed by atoms with van der Waals surface area (Å²) >= 11 is 37.4. The molecule has 0 bridgehead atoms. The average Bonchev–Trinajstić information content (AvgIpc) is 3.07. The number of rotatable bonds is 12. The van der Waals surface area contributed by atoms with Crippen molar-refractivity contribution in [1.29, 1.82) is 0 Å². The minimum Gasteiger partial charge on any atom is -0.462 e. The predicted octanol–water partition coefficient (Wildman–Crippen LogP) is 11.2. The van der Waals surface area contributed by atoms with E-state index in [1.54, 1.807) is 0 Å². The number of benzene rings is 2. The molecular weight excluding hydrogens is 749 g/mol. The Morgan fingerprint density at radius 2 is 0.896 bits per heavy atom. The monoisotopic (exact) mass is 782 g/mol. The van der Waals surface area contributed by atoms with E-state index in [0.29, 0.717) is 24.7 Å². The Kier molecular flexibility index (Phi) is 15.3. The average molecular weight is 785 g/mol. The van der Waals surface area contributed by atoms with Gasteiger partial charge in [-0.05, 0) is 49.7 Å². The van der Waals surface area contributed by atoms with Gasteiger partial charge in [0.05, 0.1) is 43.3 Å². The van der Waals surface area contributed by atoms with Crippen molar-refractivity contribution in [2.24, 2.45) is 11.8 Å². The molecule has 262 valence electrons. The highest BCUT2D eigenvalue weighted by molar-refractivity contribution is 6.47. The first-order chi connectivity index (χ1) is 23.0. The molecule has 2 aliphatic carbocycles. The minimum atomic E-state index is -1.63. The van der Waals surface area contributed by atoms with E-state index in [2.05, 4.69) is 0 Å². The largest absolute Gasteiger partial charge is 0.462 e. The lowest BCUT2D eigenvalue weighted by molar-refractivity contribution is -0.156. The maximum atomic E-state index is 13.1. The minimum absolute atomic E-state index is 0.0838. The number of hydrogen-bond donors (Lipinski definition) is 0. The van der Waals surface area contributed by atoms with Crippen LogP contribution in [-0.4, -0.2) is 37.1 Å². The lowest BCUT2D eigenvalue weighted by Crippen LogP contribution is -2.27. The van der Waals surface area contributed by atoms with Gasteiger partial charge in [0.15, 0.2) is 11.5 Å². The van der Waals surface area contributed by atoms with Crippen molar-refractivity contribution in [3.8, 4) is 11.5 Å². The fourth-order valence-corrected chi connectivity index (χ4v) is 7.60. The van der Waals surface area contributed by atoms with Gasteiger partial charge in [0, 0.05) is 0 Å². The molecule has 0 N–H and O–H groups in total. The van der Waals surface area contributed by atoms with Crippen LogP contribution in [0, 0.1) is 11.8 Å². The second-order valence-corrected chi connectivity index (χ2v) is 14.4. The standard InChI is InChI=1S/C34H36Cl6O8/c35-21-17-23(37)29(25(27(21)39)31(41)45-15-7-13-19-9-3-1-4-10-19)47-33(43)34(44)48-30-24(38)18-22(36)28(40)26(30)32(42)46-16-8-14-20-11-5-2-6-12-20/h17-20H,1-16H2. The molecule has 0 saturated heterocycles. The highest BCUT2D eigenvalue weighted by Crippen LogP contribution is 2.42. The van der Waals surface area contributed by atoms with Crippen molar-refractivity contribution in [1.82, 2.24) is 0 Å². The summed E-state index contributed by atoms with van der Waals surface area (Å²) in [6, 6.07) is 2.27. The fraction of sp³-hybridized carbons (Fsp3) is 0.529. The van der Waals surface area contributed by atoms with Gasteiger partial charge in [0.1, 0.15) is 11.1 Å². The summed E-state index contributed by atoms with van der Waals surface area (Å²) in [5, 5.41) is -1.41. The second-order valence-electron chi connectivity index (χ2n) is 12.1. The van der Waals surface area contributed by atoms with E-state index in [1.807, 2.05) is 0 Å². The van der Waals surface area contributed by atoms with Gasteiger partial charge < -0.3 is 18.9 Å². The second kappa shape index (κ2) is 18.9. The lowest BCUT2D eigenvalue weighted by atomic mass is 9.86. The van der Waals surface area contributed by atoms with Crippen LogP contribution in [0.4, 0.5) is 0 Å². The van der Waals surface area contributed by atoms with Crippen LogP contribution in [0.15, 0.2) is 12.1 Å². The molecule has 0 radical (unpaired) electrons. The van der Waals surface area contributed by atoms with Gasteiger partial charge in [0.25, 0.3) is 0 Å². The summed E-state index contributed by atoms with van der Waals surface area (Å²) in [5.74, 6) is -5.13. The molecular formula is C34H36Cl6O8. The van der Waals surface area contributed by atoms with Crippen LogP contribution in [0.2, 0.25) is 30.1 Å². The van der Waals surface area contributed by atoms with E-state index in [-0.39, 0.29) is 43.3 Å². The molecule has 8 nitrogen and oxygen atoms in total. The van der Waals surface area contributed by atoms with Crippen molar-refractivity contribution in [2.45, 2.75) is 89.9 Å². The van der Waals surface area contributed by atoms with Crippen LogP contribution >= 0.6 is 69.6 Å². The first kappa shape index (κ1) is 38.9. The van der Waals surface area contributed by atoms with E-state index in [1.165, 1.54) is 38.5 Å². The van der Waals surface area contributed by atoms with Crippen molar-refractivity contribution in [3.05, 3.63) is 53.4 Å². The van der Waals surface area contributed by atoms with Gasteiger partial charge >= 0.3 is 23.9 Å². The maximum absolute atomic E-state index is 13.1. The SMILES string of the molecule is O=C(Oc1c(Cl)cc(Cl)c(Cl)c1C(=O)OCCCC1CCCCC1)C(=O)Oc1c(Cl)cc(Cl)c(Cl)c1C(=O)OCCCC1CCCCC1. The number of carbonyl (C=O) groups is 4. The number of carbonyl (C=O) groups excluding carboxylic acids is 4. The lowest BCUT2D eigenvalue weighted by Gasteiger charge is -2.21. The van der Waals surface area contributed by atoms with Crippen LogP contribution in [0.25, 0.3) is 0 Å².